The predicted octanol–water partition coefficient (Wildman–Crippen LogP) is 3.98. The number of benzene rings is 1. The van der Waals surface area contributed by atoms with Gasteiger partial charge in [0.2, 0.25) is 0 Å². The second-order valence-corrected chi connectivity index (χ2v) is 6.29. The molecule has 0 saturated carbocycles. The first-order chi connectivity index (χ1) is 9.86. The van der Waals surface area contributed by atoms with Crippen molar-refractivity contribution >= 4 is 27.8 Å². The molecule has 2 aromatic heterocycles. The summed E-state index contributed by atoms with van der Waals surface area (Å²) in [6, 6.07) is 7.65. The zero-order valence-corrected chi connectivity index (χ0v) is 12.7. The van der Waals surface area contributed by atoms with Gasteiger partial charge in [0.25, 0.3) is 0 Å². The molecule has 0 aliphatic heterocycles. The summed E-state index contributed by atoms with van der Waals surface area (Å²) in [6.07, 6.45) is 1.80. The summed E-state index contributed by atoms with van der Waals surface area (Å²) in [6.45, 7) is 7.49. The maximum atomic E-state index is 12.0. The molecule has 3 rings (SSSR count). The fourth-order valence-electron chi connectivity index (χ4n) is 2.27. The van der Waals surface area contributed by atoms with E-state index in [1.54, 1.807) is 6.20 Å². The second kappa shape index (κ2) is 4.58. The second-order valence-electron chi connectivity index (χ2n) is 6.29. The molecule has 0 spiro atoms. The number of ether oxygens (including phenoxy) is 1. The Labute approximate surface area is 123 Å². The van der Waals surface area contributed by atoms with E-state index in [2.05, 4.69) is 9.97 Å². The van der Waals surface area contributed by atoms with Crippen LogP contribution in [0.5, 0.6) is 5.75 Å². The average molecular weight is 282 g/mol. The topological polar surface area (TPSA) is 55.0 Å². The summed E-state index contributed by atoms with van der Waals surface area (Å²) in [5, 5.41) is 2.23. The Morgan fingerprint density at radius 2 is 1.95 bits per heavy atom. The highest BCUT2D eigenvalue weighted by Gasteiger charge is 2.23. The van der Waals surface area contributed by atoms with Crippen molar-refractivity contribution in [2.24, 2.45) is 5.41 Å². The van der Waals surface area contributed by atoms with Crippen LogP contribution in [0.1, 0.15) is 26.5 Å². The third-order valence-electron chi connectivity index (χ3n) is 3.50. The Hall–Kier alpha value is -2.36. The number of pyridine rings is 1. The highest BCUT2D eigenvalue weighted by Crippen LogP contribution is 2.30. The molecule has 108 valence electrons. The largest absolute Gasteiger partial charge is 0.426 e. The van der Waals surface area contributed by atoms with Gasteiger partial charge in [-0.25, -0.2) is 0 Å². The molecule has 0 bridgehead atoms. The molecule has 21 heavy (non-hydrogen) atoms. The standard InChI is InChI=1S/C17H18N2O2/c1-10-15-13(7-8-18-10)12-6-5-11(9-14(12)19-15)21-16(20)17(2,3)4/h5-9,19H,1-4H3. The van der Waals surface area contributed by atoms with Gasteiger partial charge in [0.15, 0.2) is 0 Å². The number of carbonyl (C=O) groups is 1. The SMILES string of the molecule is Cc1nccc2c1[nH]c1cc(OC(=O)C(C)(C)C)ccc12. The molecule has 0 saturated heterocycles. The third-order valence-corrected chi connectivity index (χ3v) is 3.50. The smallest absolute Gasteiger partial charge is 0.316 e. The normalized spacial score (nSPS) is 12.0. The third kappa shape index (κ3) is 2.37. The van der Waals surface area contributed by atoms with E-state index in [9.17, 15) is 4.79 Å². The molecule has 4 heteroatoms. The predicted molar refractivity (Wildman–Crippen MR) is 83.4 cm³/mol. The number of aromatic amines is 1. The molecule has 0 atom stereocenters. The van der Waals surface area contributed by atoms with Crippen LogP contribution in [0, 0.1) is 12.3 Å². The van der Waals surface area contributed by atoms with E-state index in [0.29, 0.717) is 5.75 Å². The quantitative estimate of drug-likeness (QED) is 0.542. The minimum Gasteiger partial charge on any atom is -0.426 e. The Bertz CT molecular complexity index is 841. The number of hydrogen-bond acceptors (Lipinski definition) is 3. The summed E-state index contributed by atoms with van der Waals surface area (Å²) in [7, 11) is 0. The minimum atomic E-state index is -0.518. The molecule has 0 radical (unpaired) electrons. The van der Waals surface area contributed by atoms with Crippen LogP contribution in [0.3, 0.4) is 0 Å². The van der Waals surface area contributed by atoms with Crippen LogP contribution in [0.25, 0.3) is 21.8 Å². The first kappa shape index (κ1) is 13.6. The highest BCUT2D eigenvalue weighted by molar-refractivity contribution is 6.08. The van der Waals surface area contributed by atoms with Crippen LogP contribution in [0.2, 0.25) is 0 Å². The van der Waals surface area contributed by atoms with Crippen LogP contribution in [-0.4, -0.2) is 15.9 Å². The maximum absolute atomic E-state index is 12.0. The lowest BCUT2D eigenvalue weighted by molar-refractivity contribution is -0.142. The molecule has 2 heterocycles. The molecule has 0 unspecified atom stereocenters. The number of carbonyl (C=O) groups excluding carboxylic acids is 1. The number of nitrogens with one attached hydrogen (secondary N) is 1. The Kier molecular flexibility index (Phi) is 2.97. The average Bonchev–Trinajstić information content (AvgIpc) is 2.77. The number of aryl methyl sites for hydroxylation is 1. The molecule has 0 amide bonds. The molecular formula is C17H18N2O2. The number of rotatable bonds is 1. The van der Waals surface area contributed by atoms with Crippen molar-refractivity contribution in [3.05, 3.63) is 36.2 Å². The fourth-order valence-corrected chi connectivity index (χ4v) is 2.27. The van der Waals surface area contributed by atoms with E-state index in [1.807, 2.05) is 52.0 Å². The molecule has 0 fully saturated rings. The lowest BCUT2D eigenvalue weighted by Gasteiger charge is -2.16. The van der Waals surface area contributed by atoms with Crippen molar-refractivity contribution in [2.45, 2.75) is 27.7 Å². The molecule has 0 aliphatic carbocycles. The van der Waals surface area contributed by atoms with Crippen molar-refractivity contribution in [2.75, 3.05) is 0 Å². The van der Waals surface area contributed by atoms with Crippen molar-refractivity contribution in [3.8, 4) is 5.75 Å². The molecular weight excluding hydrogens is 264 g/mol. The van der Waals surface area contributed by atoms with Crippen molar-refractivity contribution in [3.63, 3.8) is 0 Å². The molecule has 0 aliphatic rings. The number of aromatic nitrogens is 2. The van der Waals surface area contributed by atoms with E-state index in [1.165, 1.54) is 0 Å². The van der Waals surface area contributed by atoms with Gasteiger partial charge in [0.05, 0.1) is 22.1 Å². The zero-order chi connectivity index (χ0) is 15.2. The van der Waals surface area contributed by atoms with Gasteiger partial charge in [0.1, 0.15) is 5.75 Å². The summed E-state index contributed by atoms with van der Waals surface area (Å²) < 4.78 is 5.44. The lowest BCUT2D eigenvalue weighted by Crippen LogP contribution is -2.25. The summed E-state index contributed by atoms with van der Waals surface area (Å²) >= 11 is 0. The number of nitrogens with zero attached hydrogens (tertiary/aromatic N) is 1. The van der Waals surface area contributed by atoms with E-state index in [0.717, 1.165) is 27.5 Å². The van der Waals surface area contributed by atoms with Crippen LogP contribution < -0.4 is 4.74 Å². The number of fused-ring (bicyclic) bond motifs is 3. The first-order valence-corrected chi connectivity index (χ1v) is 6.95. The van der Waals surface area contributed by atoms with Crippen molar-refractivity contribution in [1.82, 2.24) is 9.97 Å². The summed E-state index contributed by atoms with van der Waals surface area (Å²) in [5.74, 6) is 0.315. The van der Waals surface area contributed by atoms with Gasteiger partial charge in [-0.3, -0.25) is 9.78 Å². The first-order valence-electron chi connectivity index (χ1n) is 6.95. The van der Waals surface area contributed by atoms with Crippen LogP contribution in [0.15, 0.2) is 30.5 Å². The number of hydrogen-bond donors (Lipinski definition) is 1. The van der Waals surface area contributed by atoms with Crippen molar-refractivity contribution < 1.29 is 9.53 Å². The van der Waals surface area contributed by atoms with Gasteiger partial charge in [0, 0.05) is 23.0 Å². The van der Waals surface area contributed by atoms with E-state index in [4.69, 9.17) is 4.74 Å². The van der Waals surface area contributed by atoms with Gasteiger partial charge in [-0.1, -0.05) is 0 Å². The van der Waals surface area contributed by atoms with Gasteiger partial charge in [-0.2, -0.15) is 0 Å². The van der Waals surface area contributed by atoms with Gasteiger partial charge in [-0.15, -0.1) is 0 Å². The number of H-pyrrole nitrogens is 1. The monoisotopic (exact) mass is 282 g/mol. The molecule has 3 aromatic rings. The molecule has 1 aromatic carbocycles. The van der Waals surface area contributed by atoms with Gasteiger partial charge >= 0.3 is 5.97 Å². The molecule has 1 N–H and O–H groups in total. The summed E-state index contributed by atoms with van der Waals surface area (Å²) in [5.41, 5.74) is 2.40. The van der Waals surface area contributed by atoms with E-state index in [-0.39, 0.29) is 5.97 Å². The van der Waals surface area contributed by atoms with Gasteiger partial charge < -0.3 is 9.72 Å². The Morgan fingerprint density at radius 3 is 2.67 bits per heavy atom. The fraction of sp³-hybridized carbons (Fsp3) is 0.294. The van der Waals surface area contributed by atoms with Crippen molar-refractivity contribution in [1.29, 1.82) is 0 Å². The van der Waals surface area contributed by atoms with Gasteiger partial charge in [-0.05, 0) is 45.9 Å². The maximum Gasteiger partial charge on any atom is 0.316 e. The lowest BCUT2D eigenvalue weighted by atomic mass is 9.97. The number of esters is 1. The molecule has 4 nitrogen and oxygen atoms in total. The van der Waals surface area contributed by atoms with Crippen LogP contribution in [-0.2, 0) is 4.79 Å². The van der Waals surface area contributed by atoms with E-state index < -0.39 is 5.41 Å². The highest BCUT2D eigenvalue weighted by atomic mass is 16.5. The zero-order valence-electron chi connectivity index (χ0n) is 12.7. The van der Waals surface area contributed by atoms with Crippen LogP contribution >= 0.6 is 0 Å². The summed E-state index contributed by atoms with van der Waals surface area (Å²) in [4.78, 5) is 19.6. The van der Waals surface area contributed by atoms with Crippen LogP contribution in [0.4, 0.5) is 0 Å². The Balaban J connectivity index is 2.07. The van der Waals surface area contributed by atoms with E-state index >= 15 is 0 Å². The minimum absolute atomic E-state index is 0.240. The Morgan fingerprint density at radius 1 is 1.19 bits per heavy atom.